The number of hydrogen-bond donors (Lipinski definition) is 1. The van der Waals surface area contributed by atoms with Crippen LogP contribution in [0.25, 0.3) is 0 Å². The zero-order valence-corrected chi connectivity index (χ0v) is 15.7. The van der Waals surface area contributed by atoms with Crippen LogP contribution in [-0.2, 0) is 16.4 Å². The summed E-state index contributed by atoms with van der Waals surface area (Å²) in [5.74, 6) is 1.22. The van der Waals surface area contributed by atoms with Crippen LogP contribution in [0.5, 0.6) is 11.5 Å². The summed E-state index contributed by atoms with van der Waals surface area (Å²) in [5.41, 5.74) is 3.41. The topological polar surface area (TPSA) is 64.6 Å². The van der Waals surface area contributed by atoms with Gasteiger partial charge in [0.1, 0.15) is 17.6 Å². The van der Waals surface area contributed by atoms with E-state index in [1.54, 1.807) is 24.3 Å². The van der Waals surface area contributed by atoms with Gasteiger partial charge in [-0.2, -0.15) is 0 Å². The average molecular weight is 361 g/mol. The average Bonchev–Trinajstić information content (AvgIpc) is 2.89. The van der Waals surface area contributed by atoms with Crippen molar-refractivity contribution >= 4 is 15.7 Å². The molecule has 1 N–H and O–H groups in total. The van der Waals surface area contributed by atoms with Gasteiger partial charge in [0, 0.05) is 18.1 Å². The lowest BCUT2D eigenvalue weighted by molar-refractivity contribution is 0.254. The Morgan fingerprint density at radius 1 is 1.20 bits per heavy atom. The predicted octanol–water partition coefficient (Wildman–Crippen LogP) is 3.83. The van der Waals surface area contributed by atoms with Crippen LogP contribution in [0.4, 0.5) is 5.69 Å². The molecule has 0 fully saturated rings. The van der Waals surface area contributed by atoms with Gasteiger partial charge in [0.05, 0.1) is 17.2 Å². The highest BCUT2D eigenvalue weighted by Crippen LogP contribution is 2.38. The lowest BCUT2D eigenvalue weighted by Crippen LogP contribution is -2.14. The largest absolute Gasteiger partial charge is 0.492 e. The second-order valence-electron chi connectivity index (χ2n) is 6.37. The van der Waals surface area contributed by atoms with E-state index in [1.165, 1.54) is 0 Å². The summed E-state index contributed by atoms with van der Waals surface area (Å²) >= 11 is 0. The fourth-order valence-electron chi connectivity index (χ4n) is 2.88. The molecule has 0 radical (unpaired) electrons. The minimum absolute atomic E-state index is 0.0797. The minimum Gasteiger partial charge on any atom is -0.492 e. The summed E-state index contributed by atoms with van der Waals surface area (Å²) in [5, 5.41) is 0. The lowest BCUT2D eigenvalue weighted by atomic mass is 10.1. The number of hydrogen-bond acceptors (Lipinski definition) is 4. The summed E-state index contributed by atoms with van der Waals surface area (Å²) in [7, 11) is -3.71. The number of rotatable bonds is 5. The molecular weight excluding hydrogens is 338 g/mol. The first kappa shape index (κ1) is 17.6. The molecule has 0 saturated carbocycles. The van der Waals surface area contributed by atoms with E-state index < -0.39 is 10.0 Å². The summed E-state index contributed by atoms with van der Waals surface area (Å²) in [4.78, 5) is 0.229. The first-order valence-electron chi connectivity index (χ1n) is 8.36. The SMILES string of the molecule is CCOc1cc2c(cc1NS(=O)(=O)c1ccc(C)c(C)c1)O[C@H](C)C2. The molecule has 0 aliphatic carbocycles. The molecule has 6 heteroatoms. The Hall–Kier alpha value is -2.21. The first-order valence-corrected chi connectivity index (χ1v) is 9.85. The summed E-state index contributed by atoms with van der Waals surface area (Å²) in [6.45, 7) is 8.15. The summed E-state index contributed by atoms with van der Waals surface area (Å²) in [6.07, 6.45) is 0.871. The van der Waals surface area contributed by atoms with Crippen molar-refractivity contribution in [2.75, 3.05) is 11.3 Å². The number of fused-ring (bicyclic) bond motifs is 1. The Bertz CT molecular complexity index is 906. The van der Waals surface area contributed by atoms with Crippen LogP contribution in [0.3, 0.4) is 0 Å². The van der Waals surface area contributed by atoms with E-state index in [-0.39, 0.29) is 11.0 Å². The predicted molar refractivity (Wildman–Crippen MR) is 98.1 cm³/mol. The number of ether oxygens (including phenoxy) is 2. The van der Waals surface area contributed by atoms with Gasteiger partial charge in [-0.1, -0.05) is 6.07 Å². The van der Waals surface area contributed by atoms with Crippen LogP contribution in [0.2, 0.25) is 0 Å². The van der Waals surface area contributed by atoms with Crippen molar-refractivity contribution in [1.29, 1.82) is 0 Å². The Kier molecular flexibility index (Phi) is 4.64. The molecule has 5 nitrogen and oxygen atoms in total. The number of aryl methyl sites for hydroxylation is 2. The summed E-state index contributed by atoms with van der Waals surface area (Å²) < 4.78 is 39.6. The van der Waals surface area contributed by atoms with Gasteiger partial charge in [0.2, 0.25) is 0 Å². The molecule has 0 spiro atoms. The van der Waals surface area contributed by atoms with Crippen molar-refractivity contribution in [2.24, 2.45) is 0 Å². The fourth-order valence-corrected chi connectivity index (χ4v) is 4.02. The van der Waals surface area contributed by atoms with Gasteiger partial charge in [-0.15, -0.1) is 0 Å². The van der Waals surface area contributed by atoms with Gasteiger partial charge >= 0.3 is 0 Å². The Labute approximate surface area is 149 Å². The van der Waals surface area contributed by atoms with Crippen molar-refractivity contribution in [3.05, 3.63) is 47.0 Å². The fraction of sp³-hybridized carbons (Fsp3) is 0.368. The molecular formula is C19H23NO4S. The molecule has 25 heavy (non-hydrogen) atoms. The van der Waals surface area contributed by atoms with E-state index in [4.69, 9.17) is 9.47 Å². The monoisotopic (exact) mass is 361 g/mol. The normalized spacial score (nSPS) is 16.2. The van der Waals surface area contributed by atoms with E-state index in [0.717, 1.165) is 23.1 Å². The van der Waals surface area contributed by atoms with Gasteiger partial charge in [0.15, 0.2) is 0 Å². The van der Waals surface area contributed by atoms with Crippen molar-refractivity contribution in [1.82, 2.24) is 0 Å². The van der Waals surface area contributed by atoms with Gasteiger partial charge in [-0.05, 0) is 57.0 Å². The van der Waals surface area contributed by atoms with Crippen molar-refractivity contribution < 1.29 is 17.9 Å². The minimum atomic E-state index is -3.71. The van der Waals surface area contributed by atoms with Gasteiger partial charge < -0.3 is 9.47 Å². The van der Waals surface area contributed by atoms with Crippen LogP contribution >= 0.6 is 0 Å². The third-order valence-corrected chi connectivity index (χ3v) is 5.69. The second kappa shape index (κ2) is 6.59. The van der Waals surface area contributed by atoms with Crippen molar-refractivity contribution in [3.63, 3.8) is 0 Å². The zero-order valence-electron chi connectivity index (χ0n) is 14.9. The second-order valence-corrected chi connectivity index (χ2v) is 8.06. The Balaban J connectivity index is 1.98. The van der Waals surface area contributed by atoms with Crippen LogP contribution in [-0.4, -0.2) is 21.1 Å². The van der Waals surface area contributed by atoms with E-state index in [0.29, 0.717) is 23.8 Å². The van der Waals surface area contributed by atoms with Crippen molar-refractivity contribution in [3.8, 4) is 11.5 Å². The molecule has 1 heterocycles. The standard InChI is InChI=1S/C19H23NO4S/c1-5-23-19-10-15-9-14(4)24-18(15)11-17(19)20-25(21,22)16-7-6-12(2)13(3)8-16/h6-8,10-11,14,20H,5,9H2,1-4H3/t14-/m1/s1. The van der Waals surface area contributed by atoms with E-state index in [2.05, 4.69) is 4.72 Å². The van der Waals surface area contributed by atoms with Crippen molar-refractivity contribution in [2.45, 2.75) is 45.1 Å². The molecule has 2 aromatic rings. The molecule has 0 amide bonds. The molecule has 0 aromatic heterocycles. The summed E-state index contributed by atoms with van der Waals surface area (Å²) in [6, 6.07) is 8.66. The number of sulfonamides is 1. The Morgan fingerprint density at radius 2 is 1.96 bits per heavy atom. The molecule has 1 atom stereocenters. The van der Waals surface area contributed by atoms with Gasteiger partial charge in [-0.25, -0.2) is 8.42 Å². The van der Waals surface area contributed by atoms with Crippen LogP contribution in [0.1, 0.15) is 30.5 Å². The highest BCUT2D eigenvalue weighted by molar-refractivity contribution is 7.92. The maximum atomic E-state index is 12.8. The van der Waals surface area contributed by atoms with Crippen LogP contribution in [0, 0.1) is 13.8 Å². The van der Waals surface area contributed by atoms with Crippen LogP contribution < -0.4 is 14.2 Å². The van der Waals surface area contributed by atoms with E-state index >= 15 is 0 Å². The third kappa shape index (κ3) is 3.58. The molecule has 0 unspecified atom stereocenters. The first-order chi connectivity index (χ1) is 11.8. The highest BCUT2D eigenvalue weighted by atomic mass is 32.2. The maximum absolute atomic E-state index is 12.8. The quantitative estimate of drug-likeness (QED) is 0.879. The van der Waals surface area contributed by atoms with Gasteiger partial charge in [-0.3, -0.25) is 4.72 Å². The van der Waals surface area contributed by atoms with Crippen LogP contribution in [0.15, 0.2) is 35.2 Å². The Morgan fingerprint density at radius 3 is 2.64 bits per heavy atom. The molecule has 0 saturated heterocycles. The lowest BCUT2D eigenvalue weighted by Gasteiger charge is -2.15. The smallest absolute Gasteiger partial charge is 0.262 e. The number of benzene rings is 2. The van der Waals surface area contributed by atoms with Gasteiger partial charge in [0.25, 0.3) is 10.0 Å². The van der Waals surface area contributed by atoms with E-state index in [1.807, 2.05) is 33.8 Å². The highest BCUT2D eigenvalue weighted by Gasteiger charge is 2.24. The molecule has 0 bridgehead atoms. The number of nitrogens with one attached hydrogen (secondary N) is 1. The zero-order chi connectivity index (χ0) is 18.2. The molecule has 3 rings (SSSR count). The number of anilines is 1. The molecule has 134 valence electrons. The van der Waals surface area contributed by atoms with E-state index in [9.17, 15) is 8.42 Å². The third-order valence-electron chi connectivity index (χ3n) is 4.33. The molecule has 2 aromatic carbocycles. The molecule has 1 aliphatic heterocycles. The molecule has 1 aliphatic rings. The maximum Gasteiger partial charge on any atom is 0.262 e.